The molecule has 0 saturated carbocycles. The van der Waals surface area contributed by atoms with Gasteiger partial charge in [-0.2, -0.15) is 0 Å². The van der Waals surface area contributed by atoms with Gasteiger partial charge < -0.3 is 0 Å². The number of hydrogen-bond donors (Lipinski definition) is 0. The molecule has 2 heterocycles. The number of para-hydroxylation sites is 1. The first kappa shape index (κ1) is 25.1. The van der Waals surface area contributed by atoms with Crippen molar-refractivity contribution in [3.8, 4) is 11.1 Å². The fourth-order valence-corrected chi connectivity index (χ4v) is 9.83. The van der Waals surface area contributed by atoms with Crippen LogP contribution in [0.4, 0.5) is 14.9 Å². The number of likely N-dealkylation sites (tertiary alicyclic amines) is 1. The van der Waals surface area contributed by atoms with Crippen LogP contribution < -0.4 is 9.36 Å². The SMILES string of the molecule is CC(=O)N1c2ccccc2C2([Se]c3ccc(F)cc3)CCN(C(=O)OCC3c4ccccc4-c4ccccc43)C12. The van der Waals surface area contributed by atoms with Crippen molar-refractivity contribution in [2.45, 2.75) is 29.7 Å². The maximum absolute atomic E-state index is 13.9. The van der Waals surface area contributed by atoms with Crippen molar-refractivity contribution in [2.75, 3.05) is 18.1 Å². The Labute approximate surface area is 238 Å². The summed E-state index contributed by atoms with van der Waals surface area (Å²) in [6.07, 6.45) is -0.217. The average molecular weight is 598 g/mol. The summed E-state index contributed by atoms with van der Waals surface area (Å²) in [7, 11) is 0. The van der Waals surface area contributed by atoms with Crippen LogP contribution in [0.15, 0.2) is 97.1 Å². The average Bonchev–Trinajstić information content (AvgIpc) is 3.59. The second-order valence-electron chi connectivity index (χ2n) is 10.5. The number of hydrogen-bond acceptors (Lipinski definition) is 3. The Balaban J connectivity index is 1.21. The Kier molecular flexibility index (Phi) is 6.02. The standard InChI is InChI=1S/C33H27FN2O3Se/c1-21(37)36-30-13-7-6-12-29(30)33(40-23-16-14-22(34)15-17-23)18-19-35(31(33)36)32(38)39-20-28-26-10-4-2-8-24(26)25-9-3-5-11-27(25)28/h2-17,28,31H,18-20H2,1H3. The van der Waals surface area contributed by atoms with Crippen molar-refractivity contribution < 1.29 is 18.7 Å². The van der Waals surface area contributed by atoms with E-state index >= 15 is 0 Å². The van der Waals surface area contributed by atoms with Crippen LogP contribution in [-0.4, -0.2) is 51.2 Å². The number of fused-ring (bicyclic) bond motifs is 6. The van der Waals surface area contributed by atoms with E-state index in [9.17, 15) is 14.0 Å². The van der Waals surface area contributed by atoms with Gasteiger partial charge in [-0.25, -0.2) is 0 Å². The molecule has 2 aliphatic heterocycles. The van der Waals surface area contributed by atoms with Crippen molar-refractivity contribution in [1.82, 2.24) is 4.90 Å². The van der Waals surface area contributed by atoms with Gasteiger partial charge in [0.25, 0.3) is 0 Å². The van der Waals surface area contributed by atoms with Gasteiger partial charge in [-0.15, -0.1) is 0 Å². The minimum atomic E-state index is -0.497. The van der Waals surface area contributed by atoms with E-state index < -0.39 is 16.6 Å². The van der Waals surface area contributed by atoms with Gasteiger partial charge in [-0.05, 0) is 0 Å². The summed E-state index contributed by atoms with van der Waals surface area (Å²) in [5.74, 6) is -0.443. The van der Waals surface area contributed by atoms with Crippen LogP contribution >= 0.6 is 0 Å². The first-order valence-corrected chi connectivity index (χ1v) is 15.1. The van der Waals surface area contributed by atoms with E-state index in [1.54, 1.807) is 16.7 Å². The number of nitrogens with zero attached hydrogens (tertiary/aromatic N) is 2. The molecule has 0 radical (unpaired) electrons. The quantitative estimate of drug-likeness (QED) is 0.296. The molecule has 1 aliphatic carbocycles. The number of benzene rings is 4. The third-order valence-electron chi connectivity index (χ3n) is 8.32. The summed E-state index contributed by atoms with van der Waals surface area (Å²) in [5.41, 5.74) is 6.57. The van der Waals surface area contributed by atoms with Crippen molar-refractivity contribution in [3.63, 3.8) is 0 Å². The number of ether oxygens (including phenoxy) is 1. The zero-order valence-electron chi connectivity index (χ0n) is 21.9. The number of carbonyl (C=O) groups is 2. The topological polar surface area (TPSA) is 49.9 Å². The molecule has 7 rings (SSSR count). The van der Waals surface area contributed by atoms with Crippen LogP contribution in [0.5, 0.6) is 0 Å². The molecule has 1 saturated heterocycles. The van der Waals surface area contributed by atoms with Crippen molar-refractivity contribution in [1.29, 1.82) is 0 Å². The first-order valence-electron chi connectivity index (χ1n) is 13.4. The first-order chi connectivity index (χ1) is 19.5. The Morgan fingerprint density at radius 1 is 0.900 bits per heavy atom. The number of amides is 2. The molecular weight excluding hydrogens is 570 g/mol. The fraction of sp³-hybridized carbons (Fsp3) is 0.212. The van der Waals surface area contributed by atoms with Crippen LogP contribution in [-0.2, 0) is 13.8 Å². The molecule has 7 heteroatoms. The van der Waals surface area contributed by atoms with Crippen LogP contribution in [0.2, 0.25) is 0 Å². The number of carbonyl (C=O) groups excluding carboxylic acids is 2. The van der Waals surface area contributed by atoms with E-state index in [0.29, 0.717) is 13.0 Å². The zero-order valence-corrected chi connectivity index (χ0v) is 23.6. The maximum atomic E-state index is 13.9. The molecule has 2 atom stereocenters. The third-order valence-corrected chi connectivity index (χ3v) is 11.5. The number of rotatable bonds is 4. The van der Waals surface area contributed by atoms with Crippen LogP contribution in [0.25, 0.3) is 11.1 Å². The summed E-state index contributed by atoms with van der Waals surface area (Å²) in [4.78, 5) is 30.4. The minimum absolute atomic E-state index is 0.0446. The van der Waals surface area contributed by atoms with Crippen molar-refractivity contribution in [2.24, 2.45) is 0 Å². The van der Waals surface area contributed by atoms with Gasteiger partial charge in [0.1, 0.15) is 0 Å². The molecule has 4 aromatic carbocycles. The summed E-state index contributed by atoms with van der Waals surface area (Å²) >= 11 is -0.177. The summed E-state index contributed by atoms with van der Waals surface area (Å²) in [6, 6.07) is 31.0. The van der Waals surface area contributed by atoms with Gasteiger partial charge in [-0.3, -0.25) is 0 Å². The fourth-order valence-electron chi connectivity index (χ4n) is 6.67. The molecule has 2 unspecified atom stereocenters. The molecule has 40 heavy (non-hydrogen) atoms. The van der Waals surface area contributed by atoms with E-state index in [1.165, 1.54) is 23.3 Å². The molecule has 4 aromatic rings. The molecule has 5 nitrogen and oxygen atoms in total. The molecule has 0 spiro atoms. The second kappa shape index (κ2) is 9.61. The third kappa shape index (κ3) is 3.80. The molecule has 0 aromatic heterocycles. The summed E-state index contributed by atoms with van der Waals surface area (Å²) < 4.78 is 20.4. The van der Waals surface area contributed by atoms with E-state index in [1.807, 2.05) is 54.6 Å². The predicted octanol–water partition coefficient (Wildman–Crippen LogP) is 5.40. The van der Waals surface area contributed by atoms with E-state index in [-0.39, 0.29) is 39.2 Å². The Morgan fingerprint density at radius 3 is 2.20 bits per heavy atom. The van der Waals surface area contributed by atoms with Crippen LogP contribution in [0.1, 0.15) is 36.0 Å². The summed E-state index contributed by atoms with van der Waals surface area (Å²) in [5, 5.41) is 0. The predicted molar refractivity (Wildman–Crippen MR) is 153 cm³/mol. The van der Waals surface area contributed by atoms with Crippen LogP contribution in [0, 0.1) is 5.82 Å². The van der Waals surface area contributed by atoms with Gasteiger partial charge in [0.2, 0.25) is 0 Å². The molecule has 1 fully saturated rings. The Bertz CT molecular complexity index is 1600. The Hall–Kier alpha value is -3.93. The monoisotopic (exact) mass is 598 g/mol. The Morgan fingerprint density at radius 2 is 1.52 bits per heavy atom. The van der Waals surface area contributed by atoms with E-state index in [0.717, 1.165) is 26.8 Å². The van der Waals surface area contributed by atoms with Crippen LogP contribution in [0.3, 0.4) is 0 Å². The van der Waals surface area contributed by atoms with E-state index in [2.05, 4.69) is 30.3 Å². The molecule has 2 amide bonds. The van der Waals surface area contributed by atoms with Gasteiger partial charge in [0.05, 0.1) is 0 Å². The molecular formula is C33H27FN2O3Se. The van der Waals surface area contributed by atoms with Gasteiger partial charge in [-0.1, -0.05) is 0 Å². The molecule has 0 bridgehead atoms. The second-order valence-corrected chi connectivity index (χ2v) is 13.4. The molecule has 200 valence electrons. The number of anilines is 1. The molecule has 0 N–H and O–H groups in total. The van der Waals surface area contributed by atoms with Gasteiger partial charge in [0, 0.05) is 0 Å². The zero-order chi connectivity index (χ0) is 27.4. The van der Waals surface area contributed by atoms with Crippen molar-refractivity contribution >= 4 is 37.1 Å². The molecule has 3 aliphatic rings. The van der Waals surface area contributed by atoms with Crippen molar-refractivity contribution in [3.05, 3.63) is 120 Å². The van der Waals surface area contributed by atoms with Gasteiger partial charge >= 0.3 is 239 Å². The normalized spacial score (nSPS) is 20.6. The van der Waals surface area contributed by atoms with Gasteiger partial charge in [0.15, 0.2) is 0 Å². The summed E-state index contributed by atoms with van der Waals surface area (Å²) in [6.45, 7) is 2.24. The number of halogens is 1. The van der Waals surface area contributed by atoms with E-state index in [4.69, 9.17) is 4.74 Å².